The normalized spacial score (nSPS) is 20.0. The Bertz CT molecular complexity index is 567. The van der Waals surface area contributed by atoms with Crippen LogP contribution < -0.4 is 0 Å². The van der Waals surface area contributed by atoms with Crippen molar-refractivity contribution in [2.45, 2.75) is 144 Å². The van der Waals surface area contributed by atoms with Crippen LogP contribution >= 0.6 is 0 Å². The molecule has 39 heavy (non-hydrogen) atoms. The maximum Gasteiger partial charge on any atom is 0.0935 e. The maximum absolute atomic E-state index is 11.8. The Morgan fingerprint density at radius 3 is 0.872 bits per heavy atom. The van der Waals surface area contributed by atoms with E-state index in [9.17, 15) is 40.9 Å². The lowest BCUT2D eigenvalue weighted by Gasteiger charge is -2.46. The van der Waals surface area contributed by atoms with Crippen LogP contribution in [0.1, 0.15) is 96.3 Å². The van der Waals surface area contributed by atoms with Crippen LogP contribution in [0.15, 0.2) is 0 Å². The molecular formula is C27H56O12. The van der Waals surface area contributed by atoms with Gasteiger partial charge in [0.1, 0.15) is 0 Å². The van der Waals surface area contributed by atoms with Crippen molar-refractivity contribution in [1.82, 2.24) is 0 Å². The zero-order valence-electron chi connectivity index (χ0n) is 23.3. The van der Waals surface area contributed by atoms with Crippen molar-refractivity contribution >= 4 is 0 Å². The fourth-order valence-electron chi connectivity index (χ4n) is 4.91. The summed E-state index contributed by atoms with van der Waals surface area (Å²) in [6, 6.07) is 0. The Morgan fingerprint density at radius 2 is 0.564 bits per heavy atom. The number of hydrogen-bond acceptors (Lipinski definition) is 12. The van der Waals surface area contributed by atoms with Crippen LogP contribution in [0, 0.1) is 0 Å². The van der Waals surface area contributed by atoms with Gasteiger partial charge in [-0.05, 0) is 96.3 Å². The minimum Gasteiger partial charge on any atom is -0.396 e. The zero-order chi connectivity index (χ0) is 29.9. The van der Waals surface area contributed by atoms with Crippen molar-refractivity contribution in [2.24, 2.45) is 0 Å². The summed E-state index contributed by atoms with van der Waals surface area (Å²) in [6.07, 6.45) is -5.22. The second-order valence-corrected chi connectivity index (χ2v) is 11.0. The van der Waals surface area contributed by atoms with Crippen molar-refractivity contribution in [2.75, 3.05) is 26.4 Å². The number of aliphatic hydroxyl groups is 12. The third-order valence-corrected chi connectivity index (χ3v) is 7.66. The van der Waals surface area contributed by atoms with Gasteiger partial charge < -0.3 is 61.3 Å². The van der Waals surface area contributed by atoms with Gasteiger partial charge in [-0.2, -0.15) is 0 Å². The lowest BCUT2D eigenvalue weighted by atomic mass is 9.70. The lowest BCUT2D eigenvalue weighted by molar-refractivity contribution is -0.180. The second-order valence-electron chi connectivity index (χ2n) is 11.0. The van der Waals surface area contributed by atoms with Gasteiger partial charge in [-0.25, -0.2) is 0 Å². The van der Waals surface area contributed by atoms with E-state index in [-0.39, 0.29) is 123 Å². The molecule has 12 nitrogen and oxygen atoms in total. The molecule has 0 saturated heterocycles. The summed E-state index contributed by atoms with van der Waals surface area (Å²) in [5.74, 6) is 0. The number of aliphatic hydroxyl groups excluding tert-OH is 10. The van der Waals surface area contributed by atoms with Gasteiger partial charge in [-0.1, -0.05) is 0 Å². The van der Waals surface area contributed by atoms with Gasteiger partial charge in [0.25, 0.3) is 0 Å². The summed E-state index contributed by atoms with van der Waals surface area (Å²) < 4.78 is 0. The molecule has 0 amide bonds. The lowest BCUT2D eigenvalue weighted by Crippen LogP contribution is -2.55. The van der Waals surface area contributed by atoms with Crippen molar-refractivity contribution in [3.8, 4) is 0 Å². The molecule has 0 spiro atoms. The van der Waals surface area contributed by atoms with E-state index >= 15 is 0 Å². The first-order valence-corrected chi connectivity index (χ1v) is 14.3. The Kier molecular flexibility index (Phi) is 21.0. The first-order chi connectivity index (χ1) is 18.4. The molecule has 0 aromatic carbocycles. The second kappa shape index (κ2) is 21.3. The van der Waals surface area contributed by atoms with E-state index < -0.39 is 47.8 Å². The Labute approximate surface area is 232 Å². The molecule has 0 aromatic heterocycles. The highest BCUT2D eigenvalue weighted by Crippen LogP contribution is 2.40. The average molecular weight is 573 g/mol. The van der Waals surface area contributed by atoms with Crippen LogP contribution in [0.4, 0.5) is 0 Å². The fourth-order valence-corrected chi connectivity index (χ4v) is 4.91. The van der Waals surface area contributed by atoms with Crippen molar-refractivity contribution in [3.63, 3.8) is 0 Å². The van der Waals surface area contributed by atoms with Gasteiger partial charge in [-0.15, -0.1) is 0 Å². The smallest absolute Gasteiger partial charge is 0.0935 e. The molecule has 0 rings (SSSR count). The molecule has 12 N–H and O–H groups in total. The molecule has 0 aliphatic heterocycles. The van der Waals surface area contributed by atoms with Crippen molar-refractivity contribution in [3.05, 3.63) is 0 Å². The van der Waals surface area contributed by atoms with E-state index in [0.717, 1.165) is 0 Å². The van der Waals surface area contributed by atoms with Crippen LogP contribution in [0.25, 0.3) is 0 Å². The van der Waals surface area contributed by atoms with Crippen molar-refractivity contribution < 1.29 is 61.3 Å². The molecule has 0 radical (unpaired) electrons. The Morgan fingerprint density at radius 1 is 0.333 bits per heavy atom. The van der Waals surface area contributed by atoms with Gasteiger partial charge in [0.15, 0.2) is 0 Å². The zero-order valence-corrected chi connectivity index (χ0v) is 23.3. The van der Waals surface area contributed by atoms with Gasteiger partial charge in [-0.3, -0.25) is 0 Å². The molecule has 12 heteroatoms. The monoisotopic (exact) mass is 572 g/mol. The van der Waals surface area contributed by atoms with E-state index in [1.54, 1.807) is 0 Å². The highest BCUT2D eigenvalue weighted by molar-refractivity contribution is 5.01. The topological polar surface area (TPSA) is 243 Å². The van der Waals surface area contributed by atoms with E-state index in [2.05, 4.69) is 0 Å². The van der Waals surface area contributed by atoms with Gasteiger partial charge in [0.05, 0.1) is 47.8 Å². The van der Waals surface area contributed by atoms with Crippen LogP contribution in [-0.2, 0) is 0 Å². The number of rotatable bonds is 26. The molecule has 236 valence electrons. The summed E-state index contributed by atoms with van der Waals surface area (Å²) in [4.78, 5) is 0. The molecule has 0 aliphatic rings. The quantitative estimate of drug-likeness (QED) is 0.0563. The Balaban J connectivity index is 5.65. The fraction of sp³-hybridized carbons (Fsp3) is 1.00. The van der Waals surface area contributed by atoms with Crippen molar-refractivity contribution in [1.29, 1.82) is 0 Å². The molecule has 7 atom stereocenters. The molecule has 0 bridgehead atoms. The standard InChI is InChI=1S/C27H56O12/c28-15-7-20(32)1-2-24(36)19-25(37)6-14-27(39,13-5-23(35)10-18-31)26(38,11-3-21(33)8-16-29)12-4-22(34)9-17-30/h20-25,28-39H,1-19H2. The molecule has 0 fully saturated rings. The SMILES string of the molecule is OCCC(O)CCC(O)CC(O)CCC(O)(CCC(O)CCO)C(O)(CCC(O)CCO)CCC(O)CCO. The minimum absolute atomic E-state index is 0.0243. The number of hydrogen-bond donors (Lipinski definition) is 12. The Hall–Kier alpha value is -0.480. The average Bonchev–Trinajstić information content (AvgIpc) is 2.88. The largest absolute Gasteiger partial charge is 0.396 e. The highest BCUT2D eigenvalue weighted by Gasteiger charge is 2.48. The minimum atomic E-state index is -1.88. The van der Waals surface area contributed by atoms with Gasteiger partial charge >= 0.3 is 0 Å². The van der Waals surface area contributed by atoms with Crippen LogP contribution in [0.5, 0.6) is 0 Å². The molecule has 0 heterocycles. The van der Waals surface area contributed by atoms with Crippen LogP contribution in [-0.4, -0.2) is 136 Å². The first-order valence-electron chi connectivity index (χ1n) is 14.3. The first kappa shape index (κ1) is 38.5. The summed E-state index contributed by atoms with van der Waals surface area (Å²) >= 11 is 0. The molecule has 0 aromatic rings. The predicted molar refractivity (Wildman–Crippen MR) is 144 cm³/mol. The van der Waals surface area contributed by atoms with Gasteiger partial charge in [0, 0.05) is 26.4 Å². The predicted octanol–water partition coefficient (Wildman–Crippen LogP) is -1.57. The molecular weight excluding hydrogens is 516 g/mol. The summed E-state index contributed by atoms with van der Waals surface area (Å²) in [7, 11) is 0. The van der Waals surface area contributed by atoms with E-state index in [1.165, 1.54) is 0 Å². The molecule has 0 aliphatic carbocycles. The molecule has 0 saturated carbocycles. The van der Waals surface area contributed by atoms with E-state index in [1.807, 2.05) is 0 Å². The highest BCUT2D eigenvalue weighted by atomic mass is 16.4. The van der Waals surface area contributed by atoms with Crippen LogP contribution in [0.2, 0.25) is 0 Å². The summed E-state index contributed by atoms with van der Waals surface area (Å²) in [5.41, 5.74) is -3.75. The summed E-state index contributed by atoms with van der Waals surface area (Å²) in [5, 5.41) is 121. The third-order valence-electron chi connectivity index (χ3n) is 7.66. The third kappa shape index (κ3) is 16.5. The van der Waals surface area contributed by atoms with E-state index in [4.69, 9.17) is 20.4 Å². The molecule has 7 unspecified atom stereocenters. The van der Waals surface area contributed by atoms with Crippen LogP contribution in [0.3, 0.4) is 0 Å². The summed E-state index contributed by atoms with van der Waals surface area (Å²) in [6.45, 7) is -0.980. The van der Waals surface area contributed by atoms with E-state index in [0.29, 0.717) is 0 Å². The van der Waals surface area contributed by atoms with Gasteiger partial charge in [0.2, 0.25) is 0 Å². The maximum atomic E-state index is 11.8.